The van der Waals surface area contributed by atoms with Crippen LogP contribution in [-0.4, -0.2) is 54.5 Å². The first-order chi connectivity index (χ1) is 15.8. The van der Waals surface area contributed by atoms with Crippen LogP contribution in [0.4, 0.5) is 29.5 Å². The second-order valence-electron chi connectivity index (χ2n) is 7.82. The van der Waals surface area contributed by atoms with Crippen LogP contribution in [0.5, 0.6) is 0 Å². The summed E-state index contributed by atoms with van der Waals surface area (Å²) in [5, 5.41) is 5.52. The molecule has 2 aromatic rings. The molecule has 0 unspecified atom stereocenters. The zero-order valence-electron chi connectivity index (χ0n) is 18.5. The molecule has 2 N–H and O–H groups in total. The van der Waals surface area contributed by atoms with E-state index < -0.39 is 17.6 Å². The summed E-state index contributed by atoms with van der Waals surface area (Å²) in [6.07, 6.45) is 0.0395. The van der Waals surface area contributed by atoms with Crippen molar-refractivity contribution in [3.63, 3.8) is 0 Å². The van der Waals surface area contributed by atoms with Crippen molar-refractivity contribution in [2.45, 2.75) is 32.4 Å². The Bertz CT molecular complexity index is 942. The number of pyridine rings is 1. The van der Waals surface area contributed by atoms with Gasteiger partial charge in [0.15, 0.2) is 0 Å². The SMILES string of the molecule is CCCCCNC(=O)Nc1ccc(N2CCN(C(=O)c3ccccc3C(F)(F)F)CC2)nc1. The third-order valence-corrected chi connectivity index (χ3v) is 5.43. The smallest absolute Gasteiger partial charge is 0.353 e. The number of anilines is 2. The minimum Gasteiger partial charge on any atom is -0.353 e. The van der Waals surface area contributed by atoms with E-state index in [1.807, 2.05) is 4.90 Å². The number of hydrogen-bond donors (Lipinski definition) is 2. The average Bonchev–Trinajstić information content (AvgIpc) is 2.81. The number of hydrogen-bond acceptors (Lipinski definition) is 4. The highest BCUT2D eigenvalue weighted by atomic mass is 19.4. The third kappa shape index (κ3) is 6.59. The Morgan fingerprint density at radius 2 is 1.76 bits per heavy atom. The lowest BCUT2D eigenvalue weighted by Gasteiger charge is -2.35. The monoisotopic (exact) mass is 463 g/mol. The van der Waals surface area contributed by atoms with Crippen LogP contribution in [0.25, 0.3) is 0 Å². The van der Waals surface area contributed by atoms with Crippen LogP contribution in [0.3, 0.4) is 0 Å². The molecular formula is C23H28F3N5O2. The number of nitrogens with zero attached hydrogens (tertiary/aromatic N) is 3. The first-order valence-corrected chi connectivity index (χ1v) is 11.0. The van der Waals surface area contributed by atoms with Gasteiger partial charge in [0.25, 0.3) is 5.91 Å². The van der Waals surface area contributed by atoms with Crippen molar-refractivity contribution in [2.24, 2.45) is 0 Å². The summed E-state index contributed by atoms with van der Waals surface area (Å²) in [5.74, 6) is 0.0479. The van der Waals surface area contributed by atoms with Gasteiger partial charge in [-0.15, -0.1) is 0 Å². The second-order valence-corrected chi connectivity index (χ2v) is 7.82. The Morgan fingerprint density at radius 1 is 1.03 bits per heavy atom. The van der Waals surface area contributed by atoms with Gasteiger partial charge in [-0.25, -0.2) is 9.78 Å². The highest BCUT2D eigenvalue weighted by Gasteiger charge is 2.36. The van der Waals surface area contributed by atoms with E-state index in [-0.39, 0.29) is 24.7 Å². The lowest BCUT2D eigenvalue weighted by atomic mass is 10.1. The van der Waals surface area contributed by atoms with E-state index in [1.54, 1.807) is 18.3 Å². The van der Waals surface area contributed by atoms with Crippen molar-refractivity contribution in [2.75, 3.05) is 42.9 Å². The first-order valence-electron chi connectivity index (χ1n) is 11.0. The number of urea groups is 1. The van der Waals surface area contributed by atoms with Gasteiger partial charge in [-0.3, -0.25) is 4.79 Å². The van der Waals surface area contributed by atoms with E-state index in [0.29, 0.717) is 31.1 Å². The van der Waals surface area contributed by atoms with Crippen molar-refractivity contribution in [3.8, 4) is 0 Å². The van der Waals surface area contributed by atoms with Crippen molar-refractivity contribution in [1.29, 1.82) is 0 Å². The molecule has 1 aromatic heterocycles. The number of amides is 3. The van der Waals surface area contributed by atoms with E-state index in [0.717, 1.165) is 25.3 Å². The number of piperazine rings is 1. The molecule has 0 aliphatic carbocycles. The molecule has 0 bridgehead atoms. The summed E-state index contributed by atoms with van der Waals surface area (Å²) >= 11 is 0. The molecule has 10 heteroatoms. The minimum absolute atomic E-state index is 0.285. The number of halogens is 3. The number of alkyl halides is 3. The van der Waals surface area contributed by atoms with Crippen molar-refractivity contribution >= 4 is 23.4 Å². The van der Waals surface area contributed by atoms with E-state index in [2.05, 4.69) is 22.5 Å². The summed E-state index contributed by atoms with van der Waals surface area (Å²) in [4.78, 5) is 32.4. The Morgan fingerprint density at radius 3 is 2.39 bits per heavy atom. The first kappa shape index (κ1) is 24.3. The topological polar surface area (TPSA) is 77.6 Å². The molecule has 0 saturated carbocycles. The van der Waals surface area contributed by atoms with Gasteiger partial charge in [-0.2, -0.15) is 13.2 Å². The number of aromatic nitrogens is 1. The molecule has 0 spiro atoms. The molecule has 33 heavy (non-hydrogen) atoms. The van der Waals surface area contributed by atoms with Gasteiger partial charge in [-0.1, -0.05) is 31.9 Å². The Kier molecular flexibility index (Phi) is 8.13. The average molecular weight is 464 g/mol. The van der Waals surface area contributed by atoms with Crippen molar-refractivity contribution in [1.82, 2.24) is 15.2 Å². The van der Waals surface area contributed by atoms with Gasteiger partial charge < -0.3 is 20.4 Å². The molecular weight excluding hydrogens is 435 g/mol. The lowest BCUT2D eigenvalue weighted by Crippen LogP contribution is -2.49. The maximum atomic E-state index is 13.2. The van der Waals surface area contributed by atoms with E-state index in [4.69, 9.17) is 0 Å². The Hall–Kier alpha value is -3.30. The lowest BCUT2D eigenvalue weighted by molar-refractivity contribution is -0.138. The largest absolute Gasteiger partial charge is 0.417 e. The van der Waals surface area contributed by atoms with Crippen LogP contribution in [-0.2, 0) is 6.18 Å². The molecule has 1 saturated heterocycles. The normalized spacial score (nSPS) is 14.2. The van der Waals surface area contributed by atoms with Crippen LogP contribution < -0.4 is 15.5 Å². The quantitative estimate of drug-likeness (QED) is 0.598. The van der Waals surface area contributed by atoms with Crippen LogP contribution in [0.1, 0.15) is 42.1 Å². The minimum atomic E-state index is -4.58. The summed E-state index contributed by atoms with van der Waals surface area (Å²) < 4.78 is 39.7. The van der Waals surface area contributed by atoms with Gasteiger partial charge in [0, 0.05) is 32.7 Å². The molecule has 178 valence electrons. The molecule has 0 radical (unpaired) electrons. The van der Waals surface area contributed by atoms with Gasteiger partial charge in [-0.05, 0) is 30.7 Å². The predicted octanol–water partition coefficient (Wildman–Crippen LogP) is 4.37. The number of benzene rings is 1. The molecule has 7 nitrogen and oxygen atoms in total. The Labute approximate surface area is 191 Å². The molecule has 1 aliphatic rings. The van der Waals surface area contributed by atoms with Crippen LogP contribution in [0.2, 0.25) is 0 Å². The molecule has 1 aliphatic heterocycles. The Balaban J connectivity index is 1.53. The third-order valence-electron chi connectivity index (χ3n) is 5.43. The summed E-state index contributed by atoms with van der Waals surface area (Å²) in [5.41, 5.74) is -0.694. The van der Waals surface area contributed by atoms with Crippen molar-refractivity contribution in [3.05, 3.63) is 53.7 Å². The summed E-state index contributed by atoms with van der Waals surface area (Å²) in [6.45, 7) is 4.16. The maximum Gasteiger partial charge on any atom is 0.417 e. The molecule has 3 amide bonds. The van der Waals surface area contributed by atoms with Gasteiger partial charge in [0.2, 0.25) is 0 Å². The zero-order valence-corrected chi connectivity index (χ0v) is 18.5. The number of carbonyl (C=O) groups excluding carboxylic acids is 2. The fourth-order valence-corrected chi connectivity index (χ4v) is 3.63. The van der Waals surface area contributed by atoms with Crippen LogP contribution in [0, 0.1) is 0 Å². The number of rotatable bonds is 7. The fourth-order valence-electron chi connectivity index (χ4n) is 3.63. The summed E-state index contributed by atoms with van der Waals surface area (Å²) in [6, 6.07) is 8.07. The van der Waals surface area contributed by atoms with Crippen LogP contribution in [0.15, 0.2) is 42.6 Å². The van der Waals surface area contributed by atoms with E-state index in [1.165, 1.54) is 23.1 Å². The highest BCUT2D eigenvalue weighted by molar-refractivity contribution is 5.96. The molecule has 3 rings (SSSR count). The highest BCUT2D eigenvalue weighted by Crippen LogP contribution is 2.32. The standard InChI is InChI=1S/C23H28F3N5O2/c1-2-3-6-11-27-22(33)29-17-9-10-20(28-16-17)30-12-14-31(15-13-30)21(32)18-7-4-5-8-19(18)23(24,25)26/h4-5,7-10,16H,2-3,6,11-15H2,1H3,(H2,27,29,33). The van der Waals surface area contributed by atoms with Crippen molar-refractivity contribution < 1.29 is 22.8 Å². The second kappa shape index (κ2) is 11.0. The van der Waals surface area contributed by atoms with E-state index in [9.17, 15) is 22.8 Å². The molecule has 1 aromatic carbocycles. The molecule has 2 heterocycles. The predicted molar refractivity (Wildman–Crippen MR) is 120 cm³/mol. The van der Waals surface area contributed by atoms with Crippen LogP contribution >= 0.6 is 0 Å². The molecule has 1 fully saturated rings. The van der Waals surface area contributed by atoms with Gasteiger partial charge in [0.05, 0.1) is 23.0 Å². The summed E-state index contributed by atoms with van der Waals surface area (Å²) in [7, 11) is 0. The number of carbonyl (C=O) groups is 2. The van der Waals surface area contributed by atoms with Gasteiger partial charge in [0.1, 0.15) is 5.82 Å². The van der Waals surface area contributed by atoms with Gasteiger partial charge >= 0.3 is 12.2 Å². The molecule has 0 atom stereocenters. The fraction of sp³-hybridized carbons (Fsp3) is 0.435. The zero-order chi connectivity index (χ0) is 23.8. The number of nitrogens with one attached hydrogen (secondary N) is 2. The number of unbranched alkanes of at least 4 members (excludes halogenated alkanes) is 2. The van der Waals surface area contributed by atoms with E-state index >= 15 is 0 Å². The maximum absolute atomic E-state index is 13.2.